The van der Waals surface area contributed by atoms with Crippen molar-refractivity contribution in [1.82, 2.24) is 15.2 Å². The Hall–Kier alpha value is -2.22. The highest BCUT2D eigenvalue weighted by Crippen LogP contribution is 2.32. The highest BCUT2D eigenvalue weighted by Gasteiger charge is 2.19. The van der Waals surface area contributed by atoms with E-state index in [1.54, 1.807) is 34.1 Å². The largest absolute Gasteiger partial charge is 0.497 e. The SMILES string of the molecule is CCOC(=O)[C@H](C)Sc1n[nH]c(-c2ccc(OC)cc2OC)n1. The summed E-state index contributed by atoms with van der Waals surface area (Å²) in [4.78, 5) is 16.0. The van der Waals surface area contributed by atoms with Crippen molar-refractivity contribution in [3.63, 3.8) is 0 Å². The summed E-state index contributed by atoms with van der Waals surface area (Å²) in [6, 6.07) is 5.42. The van der Waals surface area contributed by atoms with Gasteiger partial charge in [-0.15, -0.1) is 5.10 Å². The molecule has 0 fully saturated rings. The molecule has 1 heterocycles. The molecule has 0 radical (unpaired) electrons. The number of aromatic nitrogens is 3. The third kappa shape index (κ3) is 4.16. The first kappa shape index (κ1) is 17.1. The number of esters is 1. The lowest BCUT2D eigenvalue weighted by Crippen LogP contribution is -2.16. The number of methoxy groups -OCH3 is 2. The van der Waals surface area contributed by atoms with E-state index in [1.807, 2.05) is 12.1 Å². The quantitative estimate of drug-likeness (QED) is 0.613. The van der Waals surface area contributed by atoms with Crippen molar-refractivity contribution < 1.29 is 19.0 Å². The Kier molecular flexibility index (Phi) is 5.86. The van der Waals surface area contributed by atoms with E-state index in [9.17, 15) is 4.79 Å². The van der Waals surface area contributed by atoms with E-state index in [0.717, 1.165) is 5.56 Å². The van der Waals surface area contributed by atoms with Crippen molar-refractivity contribution in [1.29, 1.82) is 0 Å². The van der Waals surface area contributed by atoms with Gasteiger partial charge in [0.2, 0.25) is 5.16 Å². The lowest BCUT2D eigenvalue weighted by molar-refractivity contribution is -0.142. The van der Waals surface area contributed by atoms with E-state index in [0.29, 0.717) is 29.1 Å². The zero-order chi connectivity index (χ0) is 16.8. The van der Waals surface area contributed by atoms with Gasteiger partial charge < -0.3 is 14.2 Å². The Labute approximate surface area is 138 Å². The normalized spacial score (nSPS) is 11.8. The van der Waals surface area contributed by atoms with Crippen molar-refractivity contribution >= 4 is 17.7 Å². The summed E-state index contributed by atoms with van der Waals surface area (Å²) in [5, 5.41) is 7.07. The van der Waals surface area contributed by atoms with Crippen LogP contribution in [0.15, 0.2) is 23.4 Å². The molecule has 0 saturated heterocycles. The van der Waals surface area contributed by atoms with E-state index < -0.39 is 0 Å². The molecular weight excluding hydrogens is 318 g/mol. The number of nitrogens with zero attached hydrogens (tertiary/aromatic N) is 2. The number of nitrogens with one attached hydrogen (secondary N) is 1. The number of carbonyl (C=O) groups excluding carboxylic acids is 1. The molecule has 1 atom stereocenters. The molecule has 1 N–H and O–H groups in total. The van der Waals surface area contributed by atoms with Gasteiger partial charge in [-0.05, 0) is 26.0 Å². The van der Waals surface area contributed by atoms with Crippen LogP contribution in [0.2, 0.25) is 0 Å². The number of hydrogen-bond donors (Lipinski definition) is 1. The lowest BCUT2D eigenvalue weighted by Gasteiger charge is -2.08. The predicted molar refractivity (Wildman–Crippen MR) is 86.9 cm³/mol. The predicted octanol–water partition coefficient (Wildman–Crippen LogP) is 2.53. The fraction of sp³-hybridized carbons (Fsp3) is 0.400. The van der Waals surface area contributed by atoms with Gasteiger partial charge in [0.05, 0.1) is 26.4 Å². The Morgan fingerprint density at radius 2 is 2.13 bits per heavy atom. The second kappa shape index (κ2) is 7.87. The molecule has 0 aliphatic rings. The Morgan fingerprint density at radius 3 is 2.78 bits per heavy atom. The van der Waals surface area contributed by atoms with E-state index in [1.165, 1.54) is 11.8 Å². The van der Waals surface area contributed by atoms with Crippen LogP contribution in [0.4, 0.5) is 0 Å². The molecule has 1 aromatic carbocycles. The molecule has 0 bridgehead atoms. The standard InChI is InChI=1S/C15H19N3O4S/c1-5-22-14(19)9(2)23-15-16-13(17-18-15)11-7-6-10(20-3)8-12(11)21-4/h6-9H,5H2,1-4H3,(H,16,17,18)/t9-/m0/s1. The number of carbonyl (C=O) groups is 1. The lowest BCUT2D eigenvalue weighted by atomic mass is 10.2. The summed E-state index contributed by atoms with van der Waals surface area (Å²) in [6.07, 6.45) is 0. The minimum atomic E-state index is -0.378. The third-order valence-corrected chi connectivity index (χ3v) is 3.97. The molecule has 23 heavy (non-hydrogen) atoms. The first-order chi connectivity index (χ1) is 11.1. The van der Waals surface area contributed by atoms with Gasteiger partial charge in [-0.1, -0.05) is 11.8 Å². The molecule has 0 unspecified atom stereocenters. The fourth-order valence-electron chi connectivity index (χ4n) is 1.88. The molecule has 0 aliphatic carbocycles. The summed E-state index contributed by atoms with van der Waals surface area (Å²) in [7, 11) is 3.17. The van der Waals surface area contributed by atoms with Crippen LogP contribution in [0.25, 0.3) is 11.4 Å². The summed E-state index contributed by atoms with van der Waals surface area (Å²) >= 11 is 1.23. The average Bonchev–Trinajstić information content (AvgIpc) is 3.02. The van der Waals surface area contributed by atoms with Crippen LogP contribution in [0, 0.1) is 0 Å². The minimum absolute atomic E-state index is 0.286. The topological polar surface area (TPSA) is 86.3 Å². The number of ether oxygens (including phenoxy) is 3. The third-order valence-electron chi connectivity index (χ3n) is 3.03. The van der Waals surface area contributed by atoms with Crippen molar-refractivity contribution in [3.8, 4) is 22.9 Å². The number of H-pyrrole nitrogens is 1. The van der Waals surface area contributed by atoms with Crippen LogP contribution in [-0.4, -0.2) is 47.2 Å². The van der Waals surface area contributed by atoms with E-state index >= 15 is 0 Å². The van der Waals surface area contributed by atoms with Gasteiger partial charge in [-0.25, -0.2) is 4.98 Å². The Balaban J connectivity index is 2.17. The zero-order valence-electron chi connectivity index (χ0n) is 13.5. The average molecular weight is 337 g/mol. The van der Waals surface area contributed by atoms with Gasteiger partial charge in [0, 0.05) is 6.07 Å². The maximum Gasteiger partial charge on any atom is 0.319 e. The first-order valence-corrected chi connectivity index (χ1v) is 7.95. The van der Waals surface area contributed by atoms with E-state index in [-0.39, 0.29) is 11.2 Å². The Morgan fingerprint density at radius 1 is 1.35 bits per heavy atom. The second-order valence-corrected chi connectivity index (χ2v) is 5.85. The monoisotopic (exact) mass is 337 g/mol. The molecule has 0 saturated carbocycles. The van der Waals surface area contributed by atoms with Gasteiger partial charge in [0.15, 0.2) is 5.82 Å². The number of hydrogen-bond acceptors (Lipinski definition) is 7. The van der Waals surface area contributed by atoms with Crippen molar-refractivity contribution in [2.45, 2.75) is 24.3 Å². The van der Waals surface area contributed by atoms with Crippen molar-refractivity contribution in [2.24, 2.45) is 0 Å². The maximum absolute atomic E-state index is 11.7. The molecule has 1 aromatic heterocycles. The van der Waals surface area contributed by atoms with Crippen LogP contribution < -0.4 is 9.47 Å². The second-order valence-electron chi connectivity index (χ2n) is 4.54. The van der Waals surface area contributed by atoms with Gasteiger partial charge in [-0.2, -0.15) is 0 Å². The summed E-state index contributed by atoms with van der Waals surface area (Å²) in [5.74, 6) is 1.58. The van der Waals surface area contributed by atoms with Gasteiger partial charge in [0.25, 0.3) is 0 Å². The molecule has 2 rings (SSSR count). The minimum Gasteiger partial charge on any atom is -0.497 e. The van der Waals surface area contributed by atoms with Crippen molar-refractivity contribution in [3.05, 3.63) is 18.2 Å². The maximum atomic E-state index is 11.7. The van der Waals surface area contributed by atoms with Crippen LogP contribution in [0.1, 0.15) is 13.8 Å². The number of rotatable bonds is 7. The smallest absolute Gasteiger partial charge is 0.319 e. The summed E-state index contributed by atoms with van der Waals surface area (Å²) < 4.78 is 15.5. The summed E-state index contributed by atoms with van der Waals surface area (Å²) in [5.41, 5.74) is 0.761. The molecule has 8 heteroatoms. The van der Waals surface area contributed by atoms with Crippen LogP contribution in [0.5, 0.6) is 11.5 Å². The fourth-order valence-corrected chi connectivity index (χ4v) is 2.60. The number of thioether (sulfide) groups is 1. The summed E-state index contributed by atoms with van der Waals surface area (Å²) in [6.45, 7) is 3.88. The van der Waals surface area contributed by atoms with Crippen LogP contribution in [0.3, 0.4) is 0 Å². The van der Waals surface area contributed by atoms with Crippen molar-refractivity contribution in [2.75, 3.05) is 20.8 Å². The van der Waals surface area contributed by atoms with Gasteiger partial charge in [-0.3, -0.25) is 9.89 Å². The van der Waals surface area contributed by atoms with Crippen LogP contribution >= 0.6 is 11.8 Å². The number of aromatic amines is 1. The zero-order valence-corrected chi connectivity index (χ0v) is 14.3. The first-order valence-electron chi connectivity index (χ1n) is 7.07. The highest BCUT2D eigenvalue weighted by molar-refractivity contribution is 8.00. The highest BCUT2D eigenvalue weighted by atomic mass is 32.2. The van der Waals surface area contributed by atoms with Crippen LogP contribution in [-0.2, 0) is 9.53 Å². The van der Waals surface area contributed by atoms with Gasteiger partial charge in [0.1, 0.15) is 16.7 Å². The molecule has 0 aliphatic heterocycles. The van der Waals surface area contributed by atoms with E-state index in [4.69, 9.17) is 14.2 Å². The van der Waals surface area contributed by atoms with E-state index in [2.05, 4.69) is 15.2 Å². The molecule has 124 valence electrons. The molecule has 2 aromatic rings. The Bertz CT molecular complexity index is 674. The molecule has 0 spiro atoms. The van der Waals surface area contributed by atoms with Gasteiger partial charge >= 0.3 is 5.97 Å². The molecule has 0 amide bonds. The number of benzene rings is 1. The molecule has 7 nitrogen and oxygen atoms in total. The molecular formula is C15H19N3O4S.